The molecule has 0 saturated heterocycles. The average Bonchev–Trinajstić information content (AvgIpc) is 2.69. The van der Waals surface area contributed by atoms with Crippen LogP contribution in [0.4, 0.5) is 0 Å². The predicted octanol–water partition coefficient (Wildman–Crippen LogP) is 7.14. The third kappa shape index (κ3) is 5.58. The number of aliphatic carboxylic acids is 1. The first kappa shape index (κ1) is 23.1. The Labute approximate surface area is 187 Å². The summed E-state index contributed by atoms with van der Waals surface area (Å²) in [5.74, 6) is -0.114. The van der Waals surface area contributed by atoms with E-state index < -0.39 is 5.97 Å². The summed E-state index contributed by atoms with van der Waals surface area (Å²) in [4.78, 5) is 11.2. The Morgan fingerprint density at radius 2 is 1.61 bits per heavy atom. The molecule has 3 heteroatoms. The molecule has 1 aliphatic carbocycles. The van der Waals surface area contributed by atoms with Crippen LogP contribution >= 0.6 is 0 Å². The van der Waals surface area contributed by atoms with Gasteiger partial charge in [0.2, 0.25) is 0 Å². The van der Waals surface area contributed by atoms with Crippen molar-refractivity contribution in [1.29, 1.82) is 0 Å². The Morgan fingerprint density at radius 3 is 2.19 bits per heavy atom. The molecule has 0 spiro atoms. The zero-order valence-electron chi connectivity index (χ0n) is 19.8. The van der Waals surface area contributed by atoms with Gasteiger partial charge in [0.05, 0.1) is 6.42 Å². The van der Waals surface area contributed by atoms with Gasteiger partial charge in [0, 0.05) is 5.92 Å². The lowest BCUT2D eigenvalue weighted by atomic mass is 9.63. The molecule has 3 rings (SSSR count). The van der Waals surface area contributed by atoms with Crippen LogP contribution in [0.5, 0.6) is 5.75 Å². The molecule has 0 amide bonds. The maximum absolute atomic E-state index is 11.2. The maximum atomic E-state index is 11.2. The van der Waals surface area contributed by atoms with Crippen LogP contribution in [-0.4, -0.2) is 11.1 Å². The van der Waals surface area contributed by atoms with E-state index in [1.807, 2.05) is 44.2 Å². The van der Waals surface area contributed by atoms with Gasteiger partial charge in [0.1, 0.15) is 12.4 Å². The summed E-state index contributed by atoms with van der Waals surface area (Å²) in [5, 5.41) is 9.22. The Bertz CT molecular complexity index is 960. The van der Waals surface area contributed by atoms with Gasteiger partial charge in [-0.05, 0) is 71.9 Å². The summed E-state index contributed by atoms with van der Waals surface area (Å²) in [7, 11) is 0. The van der Waals surface area contributed by atoms with Crippen LogP contribution in [0.1, 0.15) is 89.0 Å². The molecule has 0 bridgehead atoms. The predicted molar refractivity (Wildman–Crippen MR) is 127 cm³/mol. The summed E-state index contributed by atoms with van der Waals surface area (Å²) in [6.07, 6.45) is 4.51. The fourth-order valence-electron chi connectivity index (χ4n) is 4.57. The number of carboxylic acid groups (broad SMARTS) is 1. The van der Waals surface area contributed by atoms with Crippen molar-refractivity contribution < 1.29 is 14.6 Å². The molecule has 0 heterocycles. The van der Waals surface area contributed by atoms with Gasteiger partial charge in [-0.25, -0.2) is 0 Å². The minimum absolute atomic E-state index is 0.0899. The molecule has 0 unspecified atom stereocenters. The van der Waals surface area contributed by atoms with E-state index in [1.165, 1.54) is 29.5 Å². The van der Waals surface area contributed by atoms with Crippen LogP contribution in [0.15, 0.2) is 54.1 Å². The minimum Gasteiger partial charge on any atom is -0.489 e. The van der Waals surface area contributed by atoms with Gasteiger partial charge in [-0.1, -0.05) is 69.7 Å². The molecule has 0 radical (unpaired) electrons. The summed E-state index contributed by atoms with van der Waals surface area (Å²) in [6, 6.07) is 14.6. The van der Waals surface area contributed by atoms with E-state index in [-0.39, 0.29) is 23.2 Å². The van der Waals surface area contributed by atoms with Gasteiger partial charge in [-0.2, -0.15) is 0 Å². The summed E-state index contributed by atoms with van der Waals surface area (Å²) >= 11 is 0. The molecule has 0 fully saturated rings. The molecule has 1 atom stereocenters. The first-order chi connectivity index (χ1) is 14.5. The number of allylic oxidation sites excluding steroid dienone is 2. The maximum Gasteiger partial charge on any atom is 0.304 e. The molecule has 166 valence electrons. The van der Waals surface area contributed by atoms with E-state index in [1.54, 1.807) is 0 Å². The number of hydrogen-bond donors (Lipinski definition) is 1. The van der Waals surface area contributed by atoms with Gasteiger partial charge in [0.15, 0.2) is 0 Å². The number of hydrogen-bond acceptors (Lipinski definition) is 2. The first-order valence-corrected chi connectivity index (χ1v) is 11.2. The highest BCUT2D eigenvalue weighted by molar-refractivity contribution is 5.68. The molecule has 31 heavy (non-hydrogen) atoms. The third-order valence-corrected chi connectivity index (χ3v) is 6.56. The molecular weight excluding hydrogens is 384 g/mol. The number of fused-ring (bicyclic) bond motifs is 1. The fraction of sp³-hybridized carbons (Fsp3) is 0.464. The molecule has 0 saturated carbocycles. The van der Waals surface area contributed by atoms with Crippen LogP contribution in [0, 0.1) is 0 Å². The topological polar surface area (TPSA) is 46.5 Å². The lowest BCUT2D eigenvalue weighted by molar-refractivity contribution is -0.137. The van der Waals surface area contributed by atoms with Crippen molar-refractivity contribution >= 4 is 5.97 Å². The first-order valence-electron chi connectivity index (χ1n) is 11.2. The normalized spacial score (nSPS) is 17.4. The highest BCUT2D eigenvalue weighted by atomic mass is 16.5. The van der Waals surface area contributed by atoms with Crippen LogP contribution < -0.4 is 4.74 Å². The second-order valence-corrected chi connectivity index (χ2v) is 10.5. The Kier molecular flexibility index (Phi) is 6.64. The molecule has 0 aromatic heterocycles. The van der Waals surface area contributed by atoms with E-state index in [2.05, 4.69) is 45.9 Å². The lowest BCUT2D eigenvalue weighted by Crippen LogP contribution is -2.33. The SMILES string of the molecule is CC(C)=C[C@H](CC(=O)O)c1ccc(OCc2ccc3c(c2)C(C)(C)CCC3(C)C)cc1. The van der Waals surface area contributed by atoms with Crippen molar-refractivity contribution in [2.24, 2.45) is 0 Å². The standard InChI is InChI=1S/C28H36O3/c1-19(2)15-22(17-26(29)30)21-8-10-23(11-9-21)31-18-20-7-12-24-25(16-20)28(5,6)14-13-27(24,3)4/h7-12,15-16,22H,13-14,17-18H2,1-6H3,(H,29,30)/t22-/m1/s1. The van der Waals surface area contributed by atoms with Crippen LogP contribution in [0.2, 0.25) is 0 Å². The second-order valence-electron chi connectivity index (χ2n) is 10.5. The van der Waals surface area contributed by atoms with Gasteiger partial charge in [-0.15, -0.1) is 0 Å². The van der Waals surface area contributed by atoms with Crippen molar-refractivity contribution in [3.05, 3.63) is 76.4 Å². The van der Waals surface area contributed by atoms with Gasteiger partial charge in [0.25, 0.3) is 0 Å². The lowest BCUT2D eigenvalue weighted by Gasteiger charge is -2.42. The minimum atomic E-state index is -0.790. The Hall–Kier alpha value is -2.55. The average molecular weight is 421 g/mol. The number of benzene rings is 2. The van der Waals surface area contributed by atoms with Crippen LogP contribution in [0.25, 0.3) is 0 Å². The highest BCUT2D eigenvalue weighted by Crippen LogP contribution is 2.45. The van der Waals surface area contributed by atoms with Crippen molar-refractivity contribution in [2.45, 2.75) is 84.2 Å². The van der Waals surface area contributed by atoms with Crippen molar-refractivity contribution in [3.8, 4) is 5.75 Å². The molecule has 2 aromatic rings. The number of carboxylic acids is 1. The van der Waals surface area contributed by atoms with E-state index in [4.69, 9.17) is 4.74 Å². The summed E-state index contributed by atoms with van der Waals surface area (Å²) in [6.45, 7) is 13.9. The van der Waals surface area contributed by atoms with E-state index in [0.717, 1.165) is 16.9 Å². The van der Waals surface area contributed by atoms with E-state index >= 15 is 0 Å². The zero-order chi connectivity index (χ0) is 22.8. The van der Waals surface area contributed by atoms with Crippen LogP contribution in [0.3, 0.4) is 0 Å². The molecule has 2 aromatic carbocycles. The molecule has 3 nitrogen and oxygen atoms in total. The largest absolute Gasteiger partial charge is 0.489 e. The quantitative estimate of drug-likeness (QED) is 0.484. The Balaban J connectivity index is 1.73. The monoisotopic (exact) mass is 420 g/mol. The Morgan fingerprint density at radius 1 is 1.00 bits per heavy atom. The molecule has 1 N–H and O–H groups in total. The van der Waals surface area contributed by atoms with Crippen molar-refractivity contribution in [1.82, 2.24) is 0 Å². The number of ether oxygens (including phenoxy) is 1. The number of carbonyl (C=O) groups is 1. The van der Waals surface area contributed by atoms with Crippen molar-refractivity contribution in [2.75, 3.05) is 0 Å². The van der Waals surface area contributed by atoms with E-state index in [0.29, 0.717) is 6.61 Å². The third-order valence-electron chi connectivity index (χ3n) is 6.56. The smallest absolute Gasteiger partial charge is 0.304 e. The molecule has 1 aliphatic rings. The summed E-state index contributed by atoms with van der Waals surface area (Å²) in [5.41, 5.74) is 6.60. The fourth-order valence-corrected chi connectivity index (χ4v) is 4.57. The van der Waals surface area contributed by atoms with Gasteiger partial charge >= 0.3 is 5.97 Å². The van der Waals surface area contributed by atoms with Gasteiger partial charge < -0.3 is 9.84 Å². The van der Waals surface area contributed by atoms with Gasteiger partial charge in [-0.3, -0.25) is 4.79 Å². The van der Waals surface area contributed by atoms with E-state index in [9.17, 15) is 9.90 Å². The molecule has 0 aliphatic heterocycles. The zero-order valence-corrected chi connectivity index (χ0v) is 19.8. The highest BCUT2D eigenvalue weighted by Gasteiger charge is 2.36. The molecular formula is C28H36O3. The summed E-state index contributed by atoms with van der Waals surface area (Å²) < 4.78 is 6.07. The van der Waals surface area contributed by atoms with Crippen LogP contribution in [-0.2, 0) is 22.2 Å². The number of rotatable bonds is 7. The second kappa shape index (κ2) is 8.90. The van der Waals surface area contributed by atoms with Crippen molar-refractivity contribution in [3.63, 3.8) is 0 Å².